The van der Waals surface area contributed by atoms with Crippen molar-refractivity contribution in [3.05, 3.63) is 87.3 Å². The fraction of sp³-hybridized carbons (Fsp3) is 0.240. The smallest absolute Gasteiger partial charge is 0.254 e. The van der Waals surface area contributed by atoms with E-state index in [1.807, 2.05) is 47.8 Å². The first-order valence-electron chi connectivity index (χ1n) is 10.6. The number of hydrogen-bond donors (Lipinski definition) is 1. The second kappa shape index (κ2) is 9.72. The van der Waals surface area contributed by atoms with Crippen LogP contribution >= 0.6 is 23.2 Å². The molecular formula is C25H24Cl2N4O. The Morgan fingerprint density at radius 2 is 1.88 bits per heavy atom. The van der Waals surface area contributed by atoms with Crippen LogP contribution in [0.1, 0.15) is 40.7 Å². The van der Waals surface area contributed by atoms with Gasteiger partial charge in [0.05, 0.1) is 17.0 Å². The highest BCUT2D eigenvalue weighted by molar-refractivity contribution is 6.35. The molecule has 32 heavy (non-hydrogen) atoms. The van der Waals surface area contributed by atoms with Crippen LogP contribution in [0.4, 0.5) is 0 Å². The van der Waals surface area contributed by atoms with E-state index in [0.29, 0.717) is 28.6 Å². The number of halogens is 2. The number of aryl methyl sites for hydroxylation is 2. The van der Waals surface area contributed by atoms with E-state index in [0.717, 1.165) is 46.6 Å². The minimum absolute atomic E-state index is 0.164. The minimum Gasteiger partial charge on any atom is -0.352 e. The van der Waals surface area contributed by atoms with E-state index in [9.17, 15) is 4.79 Å². The molecule has 0 aliphatic carbocycles. The maximum atomic E-state index is 13.0. The molecule has 0 atom stereocenters. The van der Waals surface area contributed by atoms with Crippen molar-refractivity contribution in [2.24, 2.45) is 0 Å². The number of fused-ring (bicyclic) bond motifs is 1. The molecule has 2 aromatic carbocycles. The largest absolute Gasteiger partial charge is 0.352 e. The predicted octanol–water partition coefficient (Wildman–Crippen LogP) is 5.94. The second-order valence-electron chi connectivity index (χ2n) is 7.67. The lowest BCUT2D eigenvalue weighted by atomic mass is 10.1. The van der Waals surface area contributed by atoms with Gasteiger partial charge in [0.2, 0.25) is 0 Å². The van der Waals surface area contributed by atoms with Crippen LogP contribution < -0.4 is 5.32 Å². The summed E-state index contributed by atoms with van der Waals surface area (Å²) in [4.78, 5) is 17.7. The van der Waals surface area contributed by atoms with Gasteiger partial charge in [-0.05, 0) is 43.0 Å². The Balaban J connectivity index is 1.62. The maximum Gasteiger partial charge on any atom is 0.254 e. The van der Waals surface area contributed by atoms with Crippen LogP contribution in [0.25, 0.3) is 16.8 Å². The van der Waals surface area contributed by atoms with E-state index in [-0.39, 0.29) is 5.91 Å². The Kier molecular flexibility index (Phi) is 6.77. The monoisotopic (exact) mass is 466 g/mol. The Labute approximate surface area is 197 Å². The van der Waals surface area contributed by atoms with Gasteiger partial charge in [0.25, 0.3) is 5.91 Å². The molecular weight excluding hydrogens is 443 g/mol. The summed E-state index contributed by atoms with van der Waals surface area (Å²) in [6, 6.07) is 15.5. The van der Waals surface area contributed by atoms with Crippen LogP contribution in [0.15, 0.2) is 54.7 Å². The summed E-state index contributed by atoms with van der Waals surface area (Å²) < 4.78 is 1.83. The maximum absolute atomic E-state index is 13.0. The summed E-state index contributed by atoms with van der Waals surface area (Å²) in [5, 5.41) is 8.93. The summed E-state index contributed by atoms with van der Waals surface area (Å²) in [6.45, 7) is 4.52. The Morgan fingerprint density at radius 3 is 2.59 bits per heavy atom. The topological polar surface area (TPSA) is 59.3 Å². The number of carbonyl (C=O) groups is 1. The molecule has 0 saturated carbocycles. The molecule has 2 heterocycles. The summed E-state index contributed by atoms with van der Waals surface area (Å²) in [7, 11) is 0. The molecule has 164 valence electrons. The summed E-state index contributed by atoms with van der Waals surface area (Å²) in [5.41, 5.74) is 6.05. The fourth-order valence-electron chi connectivity index (χ4n) is 3.88. The van der Waals surface area contributed by atoms with Crippen LogP contribution in [0.5, 0.6) is 0 Å². The molecule has 1 N–H and O–H groups in total. The van der Waals surface area contributed by atoms with Crippen LogP contribution in [0, 0.1) is 6.92 Å². The van der Waals surface area contributed by atoms with E-state index in [1.165, 1.54) is 0 Å². The first-order chi connectivity index (χ1) is 15.5. The highest BCUT2D eigenvalue weighted by Gasteiger charge is 2.20. The van der Waals surface area contributed by atoms with Crippen molar-refractivity contribution in [2.75, 3.05) is 6.54 Å². The zero-order chi connectivity index (χ0) is 22.7. The van der Waals surface area contributed by atoms with Gasteiger partial charge in [-0.3, -0.25) is 4.79 Å². The lowest BCUT2D eigenvalue weighted by Gasteiger charge is -2.12. The number of carbonyl (C=O) groups excluding carboxylic acids is 1. The van der Waals surface area contributed by atoms with Gasteiger partial charge in [-0.1, -0.05) is 72.9 Å². The minimum atomic E-state index is -0.164. The van der Waals surface area contributed by atoms with Gasteiger partial charge in [0, 0.05) is 28.4 Å². The Hall–Kier alpha value is -2.89. The van der Waals surface area contributed by atoms with Crippen molar-refractivity contribution in [2.45, 2.75) is 33.1 Å². The van der Waals surface area contributed by atoms with E-state index < -0.39 is 0 Å². The fourth-order valence-corrected chi connectivity index (χ4v) is 4.38. The van der Waals surface area contributed by atoms with Crippen LogP contribution in [-0.2, 0) is 12.8 Å². The molecule has 4 rings (SSSR count). The summed E-state index contributed by atoms with van der Waals surface area (Å²) >= 11 is 12.2. The van der Waals surface area contributed by atoms with Gasteiger partial charge in [-0.15, -0.1) is 0 Å². The van der Waals surface area contributed by atoms with Gasteiger partial charge in [0.15, 0.2) is 5.65 Å². The third-order valence-electron chi connectivity index (χ3n) is 5.41. The van der Waals surface area contributed by atoms with E-state index in [1.54, 1.807) is 18.3 Å². The van der Waals surface area contributed by atoms with Gasteiger partial charge in [-0.25, -0.2) is 9.50 Å². The van der Waals surface area contributed by atoms with Gasteiger partial charge in [0.1, 0.15) is 0 Å². The molecule has 0 unspecified atom stereocenters. The number of amides is 1. The van der Waals surface area contributed by atoms with Crippen LogP contribution in [0.2, 0.25) is 10.0 Å². The highest BCUT2D eigenvalue weighted by Crippen LogP contribution is 2.28. The number of aromatic nitrogens is 3. The molecule has 7 heteroatoms. The van der Waals surface area contributed by atoms with Crippen molar-refractivity contribution in [1.29, 1.82) is 0 Å². The first-order valence-corrected chi connectivity index (χ1v) is 11.4. The molecule has 4 aromatic rings. The quantitative estimate of drug-likeness (QED) is 0.366. The summed E-state index contributed by atoms with van der Waals surface area (Å²) in [6.07, 6.45) is 3.89. The molecule has 5 nitrogen and oxygen atoms in total. The number of rotatable bonds is 7. The average molecular weight is 467 g/mol. The molecule has 0 radical (unpaired) electrons. The number of nitrogens with zero attached hydrogens (tertiary/aromatic N) is 3. The number of nitrogens with one attached hydrogen (secondary N) is 1. The lowest BCUT2D eigenvalue weighted by Crippen LogP contribution is -2.28. The first kappa shape index (κ1) is 22.3. The molecule has 0 bridgehead atoms. The van der Waals surface area contributed by atoms with Crippen molar-refractivity contribution in [3.63, 3.8) is 0 Å². The zero-order valence-corrected chi connectivity index (χ0v) is 19.5. The Bertz CT molecular complexity index is 1270. The van der Waals surface area contributed by atoms with E-state index in [4.69, 9.17) is 28.3 Å². The normalized spacial score (nSPS) is 11.1. The molecule has 0 fully saturated rings. The molecule has 0 saturated heterocycles. The third kappa shape index (κ3) is 4.50. The van der Waals surface area contributed by atoms with Crippen LogP contribution in [0.3, 0.4) is 0 Å². The van der Waals surface area contributed by atoms with Crippen molar-refractivity contribution >= 4 is 34.8 Å². The van der Waals surface area contributed by atoms with Gasteiger partial charge >= 0.3 is 0 Å². The van der Waals surface area contributed by atoms with E-state index in [2.05, 4.69) is 17.2 Å². The third-order valence-corrected chi connectivity index (χ3v) is 5.99. The highest BCUT2D eigenvalue weighted by atomic mass is 35.5. The van der Waals surface area contributed by atoms with Crippen LogP contribution in [-0.4, -0.2) is 27.0 Å². The van der Waals surface area contributed by atoms with Crippen molar-refractivity contribution in [3.8, 4) is 11.1 Å². The predicted molar refractivity (Wildman–Crippen MR) is 130 cm³/mol. The molecule has 1 amide bonds. The lowest BCUT2D eigenvalue weighted by molar-refractivity contribution is 0.0952. The Morgan fingerprint density at radius 1 is 1.09 bits per heavy atom. The second-order valence-corrected chi connectivity index (χ2v) is 8.52. The van der Waals surface area contributed by atoms with E-state index >= 15 is 0 Å². The van der Waals surface area contributed by atoms with Crippen molar-refractivity contribution < 1.29 is 4.79 Å². The summed E-state index contributed by atoms with van der Waals surface area (Å²) in [5.74, 6) is -0.164. The SMILES string of the molecule is CCCc1c(C(=O)NCCc2ccc(Cl)cc2Cl)cnc2c(-c3ccccc3)c(C)nn12. The average Bonchev–Trinajstić information content (AvgIpc) is 3.12. The molecule has 0 aliphatic rings. The molecule has 0 spiro atoms. The standard InChI is InChI=1S/C25H24Cl2N4O/c1-3-7-22-20(25(32)28-13-12-17-10-11-19(26)14-21(17)27)15-29-24-23(16(2)30-31(22)24)18-8-5-4-6-9-18/h4-6,8-11,14-15H,3,7,12-13H2,1-2H3,(H,28,32). The van der Waals surface area contributed by atoms with Gasteiger partial charge in [-0.2, -0.15) is 5.10 Å². The van der Waals surface area contributed by atoms with Gasteiger partial charge < -0.3 is 5.32 Å². The number of hydrogen-bond acceptors (Lipinski definition) is 3. The number of benzene rings is 2. The van der Waals surface area contributed by atoms with Crippen molar-refractivity contribution in [1.82, 2.24) is 19.9 Å². The molecule has 0 aliphatic heterocycles. The molecule has 2 aromatic heterocycles. The zero-order valence-electron chi connectivity index (χ0n) is 18.0.